The van der Waals surface area contributed by atoms with Crippen molar-refractivity contribution in [1.82, 2.24) is 0 Å². The number of rotatable bonds is 5. The highest BCUT2D eigenvalue weighted by Crippen LogP contribution is 2.44. The number of fused-ring (bicyclic) bond motifs is 3. The van der Waals surface area contributed by atoms with Gasteiger partial charge in [-0.25, -0.2) is 9.59 Å². The molecule has 0 aliphatic heterocycles. The van der Waals surface area contributed by atoms with Crippen molar-refractivity contribution in [2.24, 2.45) is 0 Å². The predicted molar refractivity (Wildman–Crippen MR) is 135 cm³/mol. The van der Waals surface area contributed by atoms with Crippen LogP contribution in [0.5, 0.6) is 0 Å². The van der Waals surface area contributed by atoms with E-state index in [9.17, 15) is 19.6 Å². The third-order valence-electron chi connectivity index (χ3n) is 5.93. The molecule has 0 heterocycles. The Labute approximate surface area is 204 Å². The Balaban J connectivity index is 1.54. The highest BCUT2D eigenvalue weighted by molar-refractivity contribution is 6.59. The second-order valence-corrected chi connectivity index (χ2v) is 9.57. The lowest BCUT2D eigenvalue weighted by Gasteiger charge is -2.21. The summed E-state index contributed by atoms with van der Waals surface area (Å²) < 4.78 is 11.0. The van der Waals surface area contributed by atoms with Crippen LogP contribution in [-0.2, 0) is 9.47 Å². The lowest BCUT2D eigenvalue weighted by Crippen LogP contribution is -2.33. The zero-order valence-electron chi connectivity index (χ0n) is 20.2. The summed E-state index contributed by atoms with van der Waals surface area (Å²) in [5.41, 5.74) is 4.53. The van der Waals surface area contributed by atoms with E-state index >= 15 is 0 Å². The van der Waals surface area contributed by atoms with E-state index in [1.165, 1.54) is 12.1 Å². The van der Waals surface area contributed by atoms with Crippen LogP contribution in [0.25, 0.3) is 11.1 Å². The topological polar surface area (TPSA) is 105 Å². The number of carbonyl (C=O) groups excluding carboxylic acids is 2. The van der Waals surface area contributed by atoms with Gasteiger partial charge in [0.2, 0.25) is 0 Å². The van der Waals surface area contributed by atoms with Crippen LogP contribution in [0.4, 0.5) is 10.5 Å². The second kappa shape index (κ2) is 9.56. The highest BCUT2D eigenvalue weighted by atomic mass is 16.6. The van der Waals surface area contributed by atoms with Gasteiger partial charge in [-0.3, -0.25) is 5.32 Å². The Morgan fingerprint density at radius 1 is 0.971 bits per heavy atom. The second-order valence-electron chi connectivity index (χ2n) is 9.57. The third-order valence-corrected chi connectivity index (χ3v) is 5.93. The van der Waals surface area contributed by atoms with Crippen molar-refractivity contribution in [2.75, 3.05) is 11.9 Å². The Hall–Kier alpha value is -3.62. The molecule has 0 bridgehead atoms. The molecule has 180 valence electrons. The average Bonchev–Trinajstić information content (AvgIpc) is 3.11. The van der Waals surface area contributed by atoms with Crippen LogP contribution < -0.4 is 10.8 Å². The van der Waals surface area contributed by atoms with Crippen molar-refractivity contribution in [3.8, 4) is 11.1 Å². The smallest absolute Gasteiger partial charge is 0.456 e. The van der Waals surface area contributed by atoms with Crippen LogP contribution in [0.2, 0.25) is 0 Å². The standard InChI is InChI=1S/C27H28BNO6/c1-16-22(25(30)35-27(2,3)4)13-17(28(32)33)14-24(16)29-26(31)34-15-23-20-11-7-5-9-18(20)19-10-6-8-12-21(19)23/h5-14,23,32-33H,15H2,1-4H3,(H,29,31). The predicted octanol–water partition coefficient (Wildman–Crippen LogP) is 3.99. The lowest BCUT2D eigenvalue weighted by molar-refractivity contribution is 0.00688. The molecule has 8 heteroatoms. The minimum atomic E-state index is -1.83. The van der Waals surface area contributed by atoms with E-state index in [1.54, 1.807) is 27.7 Å². The molecule has 4 rings (SSSR count). The van der Waals surface area contributed by atoms with Gasteiger partial charge in [0.15, 0.2) is 0 Å². The molecule has 3 N–H and O–H groups in total. The minimum absolute atomic E-state index is 0.0467. The number of anilines is 1. The number of ether oxygens (including phenoxy) is 2. The molecule has 7 nitrogen and oxygen atoms in total. The molecule has 3 aromatic rings. The number of nitrogens with one attached hydrogen (secondary N) is 1. The van der Waals surface area contributed by atoms with E-state index in [1.807, 2.05) is 36.4 Å². The van der Waals surface area contributed by atoms with Crippen molar-refractivity contribution in [3.63, 3.8) is 0 Å². The lowest BCUT2D eigenvalue weighted by atomic mass is 9.78. The highest BCUT2D eigenvalue weighted by Gasteiger charge is 2.29. The van der Waals surface area contributed by atoms with Crippen molar-refractivity contribution < 1.29 is 29.1 Å². The molecule has 0 saturated heterocycles. The van der Waals surface area contributed by atoms with Gasteiger partial charge in [-0.1, -0.05) is 48.5 Å². The van der Waals surface area contributed by atoms with Crippen molar-refractivity contribution in [2.45, 2.75) is 39.2 Å². The maximum absolute atomic E-state index is 12.8. The summed E-state index contributed by atoms with van der Waals surface area (Å²) in [5.74, 6) is -0.731. The fourth-order valence-corrected chi connectivity index (χ4v) is 4.31. The fourth-order valence-electron chi connectivity index (χ4n) is 4.31. The molecule has 0 aromatic heterocycles. The number of esters is 1. The molecule has 1 amide bonds. The normalized spacial score (nSPS) is 12.5. The van der Waals surface area contributed by atoms with E-state index in [2.05, 4.69) is 17.4 Å². The average molecular weight is 473 g/mol. The summed E-state index contributed by atoms with van der Waals surface area (Å²) in [7, 11) is -1.83. The van der Waals surface area contributed by atoms with Crippen LogP contribution in [0.3, 0.4) is 0 Å². The minimum Gasteiger partial charge on any atom is -0.456 e. The number of benzene rings is 3. The molecule has 0 spiro atoms. The van der Waals surface area contributed by atoms with Gasteiger partial charge >= 0.3 is 19.2 Å². The van der Waals surface area contributed by atoms with Crippen molar-refractivity contribution in [3.05, 3.63) is 82.9 Å². The largest absolute Gasteiger partial charge is 0.488 e. The molecular formula is C27H28BNO6. The summed E-state index contributed by atoms with van der Waals surface area (Å²) in [6.45, 7) is 6.98. The summed E-state index contributed by atoms with van der Waals surface area (Å²) >= 11 is 0. The molecule has 35 heavy (non-hydrogen) atoms. The van der Waals surface area contributed by atoms with E-state index in [0.717, 1.165) is 22.3 Å². The molecular weight excluding hydrogens is 445 g/mol. The Kier molecular flexibility index (Phi) is 6.69. The van der Waals surface area contributed by atoms with E-state index in [-0.39, 0.29) is 29.2 Å². The molecule has 1 aliphatic rings. The van der Waals surface area contributed by atoms with Crippen LogP contribution >= 0.6 is 0 Å². The number of carbonyl (C=O) groups is 2. The first-order valence-electron chi connectivity index (χ1n) is 11.4. The van der Waals surface area contributed by atoms with Crippen LogP contribution in [0.15, 0.2) is 60.7 Å². The van der Waals surface area contributed by atoms with Gasteiger partial charge < -0.3 is 19.5 Å². The number of amides is 1. The summed E-state index contributed by atoms with van der Waals surface area (Å²) in [4.78, 5) is 25.5. The van der Waals surface area contributed by atoms with Crippen LogP contribution in [0.1, 0.15) is 53.7 Å². The van der Waals surface area contributed by atoms with E-state index in [4.69, 9.17) is 9.47 Å². The molecule has 1 aliphatic carbocycles. The van der Waals surface area contributed by atoms with Crippen molar-refractivity contribution >= 4 is 30.3 Å². The van der Waals surface area contributed by atoms with Gasteiger partial charge in [0, 0.05) is 11.6 Å². The number of hydrogen-bond acceptors (Lipinski definition) is 6. The van der Waals surface area contributed by atoms with Gasteiger partial charge in [-0.05, 0) is 73.1 Å². The van der Waals surface area contributed by atoms with Gasteiger partial charge in [-0.2, -0.15) is 0 Å². The Morgan fingerprint density at radius 3 is 2.09 bits per heavy atom. The van der Waals surface area contributed by atoms with Gasteiger partial charge in [0.25, 0.3) is 0 Å². The SMILES string of the molecule is Cc1c(NC(=O)OCC2c3ccccc3-c3ccccc32)cc(B(O)O)cc1C(=O)OC(C)(C)C. The molecule has 0 atom stereocenters. The van der Waals surface area contributed by atoms with E-state index < -0.39 is 24.8 Å². The van der Waals surface area contributed by atoms with Gasteiger partial charge in [0.05, 0.1) is 5.56 Å². The molecule has 3 aromatic carbocycles. The summed E-state index contributed by atoms with van der Waals surface area (Å²) in [5, 5.41) is 22.1. The molecule has 0 radical (unpaired) electrons. The molecule has 0 fully saturated rings. The first-order valence-corrected chi connectivity index (χ1v) is 11.4. The monoisotopic (exact) mass is 473 g/mol. The molecule has 0 saturated carbocycles. The third kappa shape index (κ3) is 5.23. The maximum atomic E-state index is 12.8. The first-order chi connectivity index (χ1) is 16.5. The fraction of sp³-hybridized carbons (Fsp3) is 0.259. The van der Waals surface area contributed by atoms with Crippen LogP contribution in [-0.4, -0.2) is 41.4 Å². The van der Waals surface area contributed by atoms with E-state index in [0.29, 0.717) is 5.56 Å². The maximum Gasteiger partial charge on any atom is 0.488 e. The van der Waals surface area contributed by atoms with Crippen molar-refractivity contribution in [1.29, 1.82) is 0 Å². The Morgan fingerprint density at radius 2 is 1.54 bits per heavy atom. The van der Waals surface area contributed by atoms with Gasteiger partial charge in [0.1, 0.15) is 12.2 Å². The summed E-state index contributed by atoms with van der Waals surface area (Å²) in [6, 6.07) is 18.8. The Bertz CT molecular complexity index is 1240. The zero-order valence-corrected chi connectivity index (χ0v) is 20.2. The quantitative estimate of drug-likeness (QED) is 0.382. The zero-order chi connectivity index (χ0) is 25.3. The van der Waals surface area contributed by atoms with Gasteiger partial charge in [-0.15, -0.1) is 0 Å². The number of hydrogen-bond donors (Lipinski definition) is 3. The first kappa shape index (κ1) is 24.5. The summed E-state index contributed by atoms with van der Waals surface area (Å²) in [6.07, 6.45) is -0.713. The molecule has 0 unspecified atom stereocenters. The van der Waals surface area contributed by atoms with Crippen LogP contribution in [0, 0.1) is 6.92 Å².